The molecular formula is C55H45F16NO24S6-4. The summed E-state index contributed by atoms with van der Waals surface area (Å²) in [5.41, 5.74) is 2.51. The number of ether oxygens (including phenoxy) is 3. The van der Waals surface area contributed by atoms with Crippen LogP contribution in [0.25, 0.3) is 35.1 Å². The molecule has 1 aliphatic heterocycles. The zero-order valence-electron chi connectivity index (χ0n) is 50.5. The highest BCUT2D eigenvalue weighted by atomic mass is 32.2. The van der Waals surface area contributed by atoms with Gasteiger partial charge in [0.1, 0.15) is 23.0 Å². The molecule has 1 heterocycles. The highest BCUT2D eigenvalue weighted by molar-refractivity contribution is 7.89. The predicted octanol–water partition coefficient (Wildman–Crippen LogP) is 9.35. The van der Waals surface area contributed by atoms with Gasteiger partial charge in [0.05, 0.1) is 5.92 Å². The van der Waals surface area contributed by atoms with E-state index < -0.39 is 140 Å². The van der Waals surface area contributed by atoms with E-state index in [0.717, 1.165) is 48.0 Å². The van der Waals surface area contributed by atoms with Crippen molar-refractivity contribution in [3.05, 3.63) is 158 Å². The van der Waals surface area contributed by atoms with E-state index in [0.29, 0.717) is 46.9 Å². The lowest BCUT2D eigenvalue weighted by molar-refractivity contribution is -0.247. The summed E-state index contributed by atoms with van der Waals surface area (Å²) in [6.07, 6.45) is 3.73. The Morgan fingerprint density at radius 2 is 0.814 bits per heavy atom. The maximum atomic E-state index is 13.7. The Hall–Kier alpha value is -8.45. The van der Waals surface area contributed by atoms with Crippen molar-refractivity contribution in [2.45, 2.75) is 69.2 Å². The van der Waals surface area contributed by atoms with Crippen molar-refractivity contribution >= 4 is 114 Å². The molecule has 1 amide bonds. The van der Waals surface area contributed by atoms with Crippen LogP contribution in [0.1, 0.15) is 42.0 Å². The van der Waals surface area contributed by atoms with Gasteiger partial charge in [0.15, 0.2) is 53.2 Å². The number of fused-ring (bicyclic) bond motifs is 1. The fourth-order valence-electron chi connectivity index (χ4n) is 7.19. The molecule has 5 aromatic rings. The molecule has 1 saturated heterocycles. The fraction of sp³-hybridized carbons (Fsp3) is 0.291. The van der Waals surface area contributed by atoms with Crippen LogP contribution in [0.2, 0.25) is 0 Å². The second kappa shape index (κ2) is 32.1. The van der Waals surface area contributed by atoms with Crippen molar-refractivity contribution in [3.8, 4) is 23.0 Å². The average Bonchev–Trinajstić information content (AvgIpc) is 0.728. The number of esters is 2. The van der Waals surface area contributed by atoms with Gasteiger partial charge in [-0.1, -0.05) is 105 Å². The average molecular weight is 1600 g/mol. The zero-order valence-corrected chi connectivity index (χ0v) is 55.4. The first-order valence-corrected chi connectivity index (χ1v) is 35.0. The Morgan fingerprint density at radius 3 is 1.19 bits per heavy atom. The second-order valence-electron chi connectivity index (χ2n) is 19.9. The van der Waals surface area contributed by atoms with Gasteiger partial charge in [0.25, 0.3) is 5.91 Å². The highest BCUT2D eigenvalue weighted by Crippen LogP contribution is 2.52. The minimum atomic E-state index is -7.35. The van der Waals surface area contributed by atoms with Gasteiger partial charge in [-0.25, -0.2) is 38.5 Å². The molecule has 25 nitrogen and oxygen atoms in total. The molecule has 566 valence electrons. The molecule has 6 rings (SSSR count). The molecule has 1 aliphatic rings. The largest absolute Gasteiger partial charge is 0.743 e. The number of likely N-dealkylation sites (tertiary alicyclic amines) is 1. The first-order valence-electron chi connectivity index (χ1n) is 26.5. The van der Waals surface area contributed by atoms with Gasteiger partial charge in [0.2, 0.25) is 0 Å². The predicted molar refractivity (Wildman–Crippen MR) is 317 cm³/mol. The van der Waals surface area contributed by atoms with Gasteiger partial charge in [-0.2, -0.15) is 87.1 Å². The Balaban J connectivity index is 0.000000359. The molecule has 0 N–H and O–H groups in total. The molecule has 0 saturated carbocycles. The minimum absolute atomic E-state index is 0.154. The lowest BCUT2D eigenvalue weighted by Gasteiger charge is -2.32. The van der Waals surface area contributed by atoms with E-state index in [9.17, 15) is 153 Å². The van der Waals surface area contributed by atoms with Crippen LogP contribution < -0.4 is 17.8 Å². The second-order valence-corrected chi connectivity index (χ2v) is 28.8. The minimum Gasteiger partial charge on any atom is -0.743 e. The molecule has 0 radical (unpaired) electrons. The van der Waals surface area contributed by atoms with Crippen LogP contribution in [-0.2, 0) is 79.8 Å². The van der Waals surface area contributed by atoms with Crippen LogP contribution in [0.4, 0.5) is 70.2 Å². The number of amides is 1. The number of nitrogens with zero attached hydrogens (tertiary/aromatic N) is 1. The monoisotopic (exact) mass is 1600 g/mol. The Kier molecular flexibility index (Phi) is 27.6. The van der Waals surface area contributed by atoms with E-state index in [1.807, 2.05) is 0 Å². The number of halogens is 16. The van der Waals surface area contributed by atoms with Gasteiger partial charge in [-0.3, -0.25) is 9.59 Å². The van der Waals surface area contributed by atoms with Gasteiger partial charge in [-0.15, -0.1) is 0 Å². The van der Waals surface area contributed by atoms with E-state index in [1.165, 1.54) is 47.4 Å². The topological polar surface area (TPSA) is 398 Å². The van der Waals surface area contributed by atoms with E-state index in [-0.39, 0.29) is 49.6 Å². The molecule has 0 bridgehead atoms. The van der Waals surface area contributed by atoms with Gasteiger partial charge in [0, 0.05) is 13.1 Å². The van der Waals surface area contributed by atoms with Crippen LogP contribution in [-0.4, -0.2) is 161 Å². The highest BCUT2D eigenvalue weighted by Gasteiger charge is 2.82. The van der Waals surface area contributed by atoms with E-state index in [1.54, 1.807) is 36.4 Å². The quantitative estimate of drug-likeness (QED) is 0.0163. The summed E-state index contributed by atoms with van der Waals surface area (Å²) in [5, 5.41) is -36.6. The van der Waals surface area contributed by atoms with Crippen molar-refractivity contribution in [1.82, 2.24) is 4.90 Å². The summed E-state index contributed by atoms with van der Waals surface area (Å²) in [7, 11) is -40.5. The van der Waals surface area contributed by atoms with Crippen LogP contribution in [0.5, 0.6) is 23.0 Å². The Morgan fingerprint density at radius 1 is 0.471 bits per heavy atom. The van der Waals surface area contributed by atoms with Crippen molar-refractivity contribution in [3.63, 3.8) is 0 Å². The smallest absolute Gasteiger partial charge is 0.450 e. The summed E-state index contributed by atoms with van der Waals surface area (Å²) in [4.78, 5) is 36.6. The lowest BCUT2D eigenvalue weighted by Crippen LogP contribution is -2.61. The molecular weight excluding hydrogens is 1550 g/mol. The number of carbonyl (C=O) groups excluding carboxylic acids is 3. The summed E-state index contributed by atoms with van der Waals surface area (Å²) in [6.45, 7) is 14.7. The summed E-state index contributed by atoms with van der Waals surface area (Å²) < 4.78 is 403. The van der Waals surface area contributed by atoms with Gasteiger partial charge < -0.3 is 45.7 Å². The fourth-order valence-corrected chi connectivity index (χ4v) is 10.7. The molecule has 5 aromatic carbocycles. The maximum Gasteiger partial charge on any atom is 0.450 e. The summed E-state index contributed by atoms with van der Waals surface area (Å²) in [6, 6.07) is 22.8. The Bertz CT molecular complexity index is 4640. The van der Waals surface area contributed by atoms with E-state index in [2.05, 4.69) is 44.2 Å². The normalized spacial score (nSPS) is 14.5. The molecule has 0 aliphatic carbocycles. The van der Waals surface area contributed by atoms with Crippen molar-refractivity contribution < 1.29 is 176 Å². The molecule has 47 heteroatoms. The molecule has 1 fully saturated rings. The van der Waals surface area contributed by atoms with E-state index in [4.69, 9.17) is 4.74 Å². The molecule has 102 heavy (non-hydrogen) atoms. The number of benzene rings is 5. The SMILES string of the molecule is C=Cc1ccc(OC(=O)C(F)(F)S(=O)(=O)[O-])cc1.C=Cc1ccc(OCC(=O)N2CCC(C(=O)OC(C)C(F)(F)S(=O)(=O)[O-])CC2)cc1.C=Cc1ccc(OS(=O)(=O)C(F)(F)C(F)(F)C(F)(F)S(=O)(=O)[O-])cc1.C=Cc1ccc2cc(OS(=O)(=O)C(F)(F)C(F)(F)C(F)(F)S(=O)(=O)[O-])ccc2c1. The van der Waals surface area contributed by atoms with Crippen LogP contribution in [0.15, 0.2) is 136 Å². The maximum absolute atomic E-state index is 13.7. The van der Waals surface area contributed by atoms with Crippen molar-refractivity contribution in [2.24, 2.45) is 5.92 Å². The Labute approximate surface area is 567 Å². The van der Waals surface area contributed by atoms with Crippen LogP contribution >= 0.6 is 0 Å². The van der Waals surface area contributed by atoms with Gasteiger partial charge >= 0.3 is 75.5 Å². The number of rotatable bonds is 26. The van der Waals surface area contributed by atoms with Crippen LogP contribution in [0, 0.1) is 5.92 Å². The first-order chi connectivity index (χ1) is 46.1. The summed E-state index contributed by atoms with van der Waals surface area (Å²) in [5.74, 6) is -20.5. The third-order valence-electron chi connectivity index (χ3n) is 13.0. The van der Waals surface area contributed by atoms with Crippen molar-refractivity contribution in [2.75, 3.05) is 19.7 Å². The van der Waals surface area contributed by atoms with Gasteiger partial charge in [-0.05, 0) is 107 Å². The van der Waals surface area contributed by atoms with Crippen molar-refractivity contribution in [1.29, 1.82) is 0 Å². The first kappa shape index (κ1) is 87.8. The molecule has 0 spiro atoms. The third kappa shape index (κ3) is 19.8. The summed E-state index contributed by atoms with van der Waals surface area (Å²) >= 11 is 0. The van der Waals surface area contributed by atoms with E-state index >= 15 is 0 Å². The molecule has 1 unspecified atom stereocenters. The number of carbonyl (C=O) groups is 3. The van der Waals surface area contributed by atoms with Crippen LogP contribution in [0.3, 0.4) is 0 Å². The standard InChI is InChI=1S/C19H23F2NO7S.C15H10F6O6S2.C11H8F6O6S2.C10H8F2O5S/c1-3-14-4-6-16(7-5-14)28-12-17(23)22-10-8-15(9-11-22)18(24)29-13(2)19(20,21)30(25,26)27;1-2-9-3-4-11-8-12(6-5-10(11)7-9)27-29(25,26)15(20,21)13(16,17)14(18,19)28(22,23)24;1-2-7-3-5-8(6-4-7)23-25(21,22)11(16,17)9(12,13)10(14,15)24(18,19)20;1-2-7-3-5-8(6-4-7)17-9(13)10(11,12)18(14,15)16/h3-7,13,15H,1,8-12H2,2H3,(H,25,26,27);2-8H,1H2,(H,22,23,24);2-6H,1H2,(H,18,19,20);2-6H,1H2,(H,14,15,16)/p-4. The number of alkyl halides is 16. The zero-order chi connectivity index (χ0) is 78.9. The molecule has 0 aromatic heterocycles. The lowest BCUT2D eigenvalue weighted by atomic mass is 9.97. The number of hydrogen-bond donors (Lipinski definition) is 0. The molecule has 1 atom stereocenters. The number of hydrogen-bond acceptors (Lipinski definition) is 24. The third-order valence-corrected chi connectivity index (χ3v) is 19.1. The number of piperidine rings is 1.